The molecule has 2 nitrogen and oxygen atoms in total. The topological polar surface area (TPSA) is 21.3 Å². The van der Waals surface area contributed by atoms with Crippen molar-refractivity contribution in [3.63, 3.8) is 0 Å². The van der Waals surface area contributed by atoms with E-state index in [0.29, 0.717) is 6.61 Å². The zero-order valence-corrected chi connectivity index (χ0v) is 10.2. The van der Waals surface area contributed by atoms with Crippen molar-refractivity contribution in [2.24, 2.45) is 5.92 Å². The van der Waals surface area contributed by atoms with Crippen molar-refractivity contribution in [2.45, 2.75) is 19.4 Å². The van der Waals surface area contributed by atoms with Gasteiger partial charge >= 0.3 is 0 Å². The van der Waals surface area contributed by atoms with Gasteiger partial charge in [-0.15, -0.1) is 0 Å². The summed E-state index contributed by atoms with van der Waals surface area (Å²) in [6.45, 7) is 3.83. The first-order valence-corrected chi connectivity index (χ1v) is 6.25. The normalized spacial score (nSPS) is 20.2. The van der Waals surface area contributed by atoms with E-state index in [-0.39, 0.29) is 0 Å². The maximum Gasteiger partial charge on any atom is 0.0717 e. The minimum absolute atomic E-state index is 0.667. The number of benzene rings is 1. The standard InChI is InChI=1S/C13H18ClNO/c14-13-3-1-2-12(8-13)10-16-7-5-11-4-6-15-9-11/h1-3,8,11,15H,4-7,9-10H2. The van der Waals surface area contributed by atoms with Crippen LogP contribution in [0.15, 0.2) is 24.3 Å². The number of nitrogens with one attached hydrogen (secondary N) is 1. The van der Waals surface area contributed by atoms with E-state index < -0.39 is 0 Å². The first kappa shape index (κ1) is 11.9. The summed E-state index contributed by atoms with van der Waals surface area (Å²) in [7, 11) is 0. The predicted molar refractivity (Wildman–Crippen MR) is 66.7 cm³/mol. The summed E-state index contributed by atoms with van der Waals surface area (Å²) in [5, 5.41) is 4.14. The van der Waals surface area contributed by atoms with Gasteiger partial charge in [-0.25, -0.2) is 0 Å². The lowest BCUT2D eigenvalue weighted by atomic mass is 10.1. The minimum atomic E-state index is 0.667. The number of ether oxygens (including phenoxy) is 1. The Hall–Kier alpha value is -0.570. The Morgan fingerprint density at radius 2 is 2.38 bits per heavy atom. The quantitative estimate of drug-likeness (QED) is 0.798. The molecule has 3 heteroatoms. The Morgan fingerprint density at radius 1 is 1.44 bits per heavy atom. The molecule has 0 spiro atoms. The molecule has 1 atom stereocenters. The summed E-state index contributed by atoms with van der Waals surface area (Å²) in [6, 6.07) is 7.85. The fourth-order valence-corrected chi connectivity index (χ4v) is 2.24. The van der Waals surface area contributed by atoms with Crippen molar-refractivity contribution in [2.75, 3.05) is 19.7 Å². The molecule has 1 N–H and O–H groups in total. The minimum Gasteiger partial charge on any atom is -0.377 e. The van der Waals surface area contributed by atoms with E-state index in [1.54, 1.807) is 0 Å². The molecule has 1 aliphatic heterocycles. The molecule has 1 aromatic rings. The molecule has 0 aromatic heterocycles. The van der Waals surface area contributed by atoms with Gasteiger partial charge in [-0.2, -0.15) is 0 Å². The van der Waals surface area contributed by atoms with Gasteiger partial charge in [-0.3, -0.25) is 0 Å². The van der Waals surface area contributed by atoms with Gasteiger partial charge in [0.15, 0.2) is 0 Å². The number of hydrogen-bond donors (Lipinski definition) is 1. The van der Waals surface area contributed by atoms with E-state index in [2.05, 4.69) is 5.32 Å². The molecule has 1 heterocycles. The summed E-state index contributed by atoms with van der Waals surface area (Å²) in [4.78, 5) is 0. The second-order valence-corrected chi connectivity index (χ2v) is 4.77. The molecule has 2 rings (SSSR count). The van der Waals surface area contributed by atoms with E-state index in [1.165, 1.54) is 13.0 Å². The molecule has 1 fully saturated rings. The van der Waals surface area contributed by atoms with Crippen molar-refractivity contribution in [3.8, 4) is 0 Å². The molecule has 88 valence electrons. The lowest BCUT2D eigenvalue weighted by molar-refractivity contribution is 0.109. The van der Waals surface area contributed by atoms with Crippen LogP contribution in [0, 0.1) is 5.92 Å². The van der Waals surface area contributed by atoms with Crippen LogP contribution in [-0.4, -0.2) is 19.7 Å². The summed E-state index contributed by atoms with van der Waals surface area (Å²) >= 11 is 5.90. The Kier molecular flexibility index (Phi) is 4.64. The zero-order valence-electron chi connectivity index (χ0n) is 9.42. The molecule has 1 aromatic carbocycles. The highest BCUT2D eigenvalue weighted by Gasteiger charge is 2.13. The van der Waals surface area contributed by atoms with Crippen LogP contribution in [-0.2, 0) is 11.3 Å². The SMILES string of the molecule is Clc1cccc(COCCC2CCNC2)c1. The van der Waals surface area contributed by atoms with E-state index in [0.717, 1.165) is 36.1 Å². The van der Waals surface area contributed by atoms with Crippen molar-refractivity contribution in [1.82, 2.24) is 5.32 Å². The highest BCUT2D eigenvalue weighted by molar-refractivity contribution is 6.30. The van der Waals surface area contributed by atoms with Gasteiger partial charge in [-0.05, 0) is 49.5 Å². The van der Waals surface area contributed by atoms with Crippen LogP contribution in [0.4, 0.5) is 0 Å². The molecule has 0 amide bonds. The van der Waals surface area contributed by atoms with Gasteiger partial charge < -0.3 is 10.1 Å². The van der Waals surface area contributed by atoms with E-state index >= 15 is 0 Å². The van der Waals surface area contributed by atoms with Crippen LogP contribution in [0.2, 0.25) is 5.02 Å². The van der Waals surface area contributed by atoms with Gasteiger partial charge in [0.1, 0.15) is 0 Å². The monoisotopic (exact) mass is 239 g/mol. The Balaban J connectivity index is 1.64. The molecule has 0 saturated carbocycles. The van der Waals surface area contributed by atoms with Crippen LogP contribution in [0.3, 0.4) is 0 Å². The van der Waals surface area contributed by atoms with Gasteiger partial charge in [0, 0.05) is 11.6 Å². The maximum absolute atomic E-state index is 5.90. The molecule has 0 radical (unpaired) electrons. The summed E-state index contributed by atoms with van der Waals surface area (Å²) in [5.41, 5.74) is 1.15. The maximum atomic E-state index is 5.90. The third-order valence-electron chi connectivity index (χ3n) is 2.99. The van der Waals surface area contributed by atoms with E-state index in [1.807, 2.05) is 24.3 Å². The van der Waals surface area contributed by atoms with Crippen molar-refractivity contribution in [1.29, 1.82) is 0 Å². The third kappa shape index (κ3) is 3.78. The van der Waals surface area contributed by atoms with Crippen LogP contribution >= 0.6 is 11.6 Å². The highest BCUT2D eigenvalue weighted by Crippen LogP contribution is 2.14. The van der Waals surface area contributed by atoms with Crippen LogP contribution in [0.1, 0.15) is 18.4 Å². The first-order chi connectivity index (χ1) is 7.84. The average molecular weight is 240 g/mol. The van der Waals surface area contributed by atoms with Gasteiger partial charge in [-0.1, -0.05) is 23.7 Å². The highest BCUT2D eigenvalue weighted by atomic mass is 35.5. The molecule has 1 unspecified atom stereocenters. The lowest BCUT2D eigenvalue weighted by Gasteiger charge is -2.08. The smallest absolute Gasteiger partial charge is 0.0717 e. The average Bonchev–Trinajstić information content (AvgIpc) is 2.77. The molecular formula is C13H18ClNO. The molecule has 0 aliphatic carbocycles. The van der Waals surface area contributed by atoms with E-state index in [4.69, 9.17) is 16.3 Å². The van der Waals surface area contributed by atoms with Crippen molar-refractivity contribution in [3.05, 3.63) is 34.9 Å². The lowest BCUT2D eigenvalue weighted by Crippen LogP contribution is -2.10. The fourth-order valence-electron chi connectivity index (χ4n) is 2.03. The van der Waals surface area contributed by atoms with Crippen LogP contribution in [0.25, 0.3) is 0 Å². The fraction of sp³-hybridized carbons (Fsp3) is 0.538. The predicted octanol–water partition coefficient (Wildman–Crippen LogP) is 2.86. The number of rotatable bonds is 5. The molecule has 16 heavy (non-hydrogen) atoms. The largest absolute Gasteiger partial charge is 0.377 e. The third-order valence-corrected chi connectivity index (χ3v) is 3.23. The molecule has 0 bridgehead atoms. The van der Waals surface area contributed by atoms with Crippen molar-refractivity contribution >= 4 is 11.6 Å². The Morgan fingerprint density at radius 3 is 3.12 bits per heavy atom. The van der Waals surface area contributed by atoms with Crippen LogP contribution < -0.4 is 5.32 Å². The molecule has 1 aliphatic rings. The number of halogens is 1. The number of hydrogen-bond acceptors (Lipinski definition) is 2. The summed E-state index contributed by atoms with van der Waals surface area (Å²) in [6.07, 6.45) is 2.45. The first-order valence-electron chi connectivity index (χ1n) is 5.87. The van der Waals surface area contributed by atoms with E-state index in [9.17, 15) is 0 Å². The summed E-state index contributed by atoms with van der Waals surface area (Å²) < 4.78 is 5.65. The van der Waals surface area contributed by atoms with Gasteiger partial charge in [0.2, 0.25) is 0 Å². The van der Waals surface area contributed by atoms with Gasteiger partial charge in [0.25, 0.3) is 0 Å². The second kappa shape index (κ2) is 6.24. The molecule has 1 saturated heterocycles. The Bertz CT molecular complexity index is 323. The Labute approximate surface area is 102 Å². The van der Waals surface area contributed by atoms with Gasteiger partial charge in [0.05, 0.1) is 6.61 Å². The van der Waals surface area contributed by atoms with Crippen molar-refractivity contribution < 1.29 is 4.74 Å². The molecular weight excluding hydrogens is 222 g/mol. The zero-order chi connectivity index (χ0) is 11.2. The van der Waals surface area contributed by atoms with Crippen LogP contribution in [0.5, 0.6) is 0 Å². The second-order valence-electron chi connectivity index (χ2n) is 4.33. The summed E-state index contributed by atoms with van der Waals surface area (Å²) in [5.74, 6) is 0.805.